The molecule has 1 saturated carbocycles. The minimum atomic E-state index is -2.77. The SMILES string of the molecule is CC(C)N1CCOC2(CN(C(=O)[C@H]3CC3(F)F)C2)C1. The summed E-state index contributed by atoms with van der Waals surface area (Å²) in [4.78, 5) is 15.7. The van der Waals surface area contributed by atoms with Gasteiger partial charge in [-0.2, -0.15) is 0 Å². The fourth-order valence-corrected chi connectivity index (χ4v) is 3.01. The van der Waals surface area contributed by atoms with Gasteiger partial charge in [-0.15, -0.1) is 0 Å². The van der Waals surface area contributed by atoms with Gasteiger partial charge in [0.15, 0.2) is 0 Å². The normalized spacial score (nSPS) is 32.5. The molecule has 108 valence electrons. The fourth-order valence-electron chi connectivity index (χ4n) is 3.01. The van der Waals surface area contributed by atoms with Crippen molar-refractivity contribution >= 4 is 5.91 Å². The zero-order chi connectivity index (χ0) is 13.8. The number of nitrogens with zero attached hydrogens (tertiary/aromatic N) is 2. The van der Waals surface area contributed by atoms with Crippen LogP contribution in [0.15, 0.2) is 0 Å². The van der Waals surface area contributed by atoms with Crippen LogP contribution in [0.3, 0.4) is 0 Å². The molecule has 2 saturated heterocycles. The van der Waals surface area contributed by atoms with Gasteiger partial charge >= 0.3 is 0 Å². The van der Waals surface area contributed by atoms with E-state index in [1.807, 2.05) is 0 Å². The van der Waals surface area contributed by atoms with Gasteiger partial charge < -0.3 is 9.64 Å². The third-order valence-corrected chi connectivity index (χ3v) is 4.40. The van der Waals surface area contributed by atoms with Crippen LogP contribution in [0.1, 0.15) is 20.3 Å². The smallest absolute Gasteiger partial charge is 0.260 e. The average Bonchev–Trinajstić information content (AvgIpc) is 2.94. The number of halogens is 2. The molecular formula is C13H20F2N2O2. The first-order valence-electron chi connectivity index (χ1n) is 6.88. The van der Waals surface area contributed by atoms with E-state index >= 15 is 0 Å². The van der Waals surface area contributed by atoms with Crippen molar-refractivity contribution in [2.45, 2.75) is 37.8 Å². The number of morpholine rings is 1. The van der Waals surface area contributed by atoms with Crippen LogP contribution < -0.4 is 0 Å². The quantitative estimate of drug-likeness (QED) is 0.752. The summed E-state index contributed by atoms with van der Waals surface area (Å²) in [6.45, 7) is 7.52. The maximum absolute atomic E-state index is 12.9. The van der Waals surface area contributed by atoms with Crippen molar-refractivity contribution in [1.82, 2.24) is 9.80 Å². The Kier molecular flexibility index (Phi) is 2.87. The van der Waals surface area contributed by atoms with Crippen molar-refractivity contribution in [3.05, 3.63) is 0 Å². The van der Waals surface area contributed by atoms with E-state index in [0.717, 1.165) is 13.1 Å². The molecule has 0 N–H and O–H groups in total. The maximum Gasteiger partial charge on any atom is 0.260 e. The first kappa shape index (κ1) is 13.2. The second-order valence-corrected chi connectivity index (χ2v) is 6.31. The molecule has 0 aromatic rings. The zero-order valence-electron chi connectivity index (χ0n) is 11.4. The van der Waals surface area contributed by atoms with E-state index in [1.165, 1.54) is 4.90 Å². The minimum absolute atomic E-state index is 0.283. The summed E-state index contributed by atoms with van der Waals surface area (Å²) in [5.41, 5.74) is -0.317. The molecule has 0 bridgehead atoms. The highest BCUT2D eigenvalue weighted by atomic mass is 19.3. The second-order valence-electron chi connectivity index (χ2n) is 6.31. The number of alkyl halides is 2. The summed E-state index contributed by atoms with van der Waals surface area (Å²) in [6.07, 6.45) is -0.283. The molecule has 2 aliphatic heterocycles. The third-order valence-electron chi connectivity index (χ3n) is 4.40. The summed E-state index contributed by atoms with van der Waals surface area (Å²) < 4.78 is 31.6. The molecule has 1 spiro atoms. The third kappa shape index (κ3) is 2.25. The Morgan fingerprint density at radius 1 is 1.32 bits per heavy atom. The van der Waals surface area contributed by atoms with Crippen LogP contribution in [0.25, 0.3) is 0 Å². The standard InChI is InChI=1S/C13H20F2N2O2/c1-9(2)16-3-4-19-12(6-16)7-17(8-12)11(18)10-5-13(10,14)15/h9-10H,3-8H2,1-2H3/t10-/m1/s1. The van der Waals surface area contributed by atoms with E-state index in [0.29, 0.717) is 25.7 Å². The van der Waals surface area contributed by atoms with Gasteiger partial charge in [0.05, 0.1) is 19.7 Å². The number of likely N-dealkylation sites (tertiary alicyclic amines) is 1. The molecule has 1 atom stereocenters. The van der Waals surface area contributed by atoms with Crippen LogP contribution in [0.2, 0.25) is 0 Å². The Morgan fingerprint density at radius 2 is 1.95 bits per heavy atom. The van der Waals surface area contributed by atoms with Crippen LogP contribution >= 0.6 is 0 Å². The molecule has 3 fully saturated rings. The molecule has 0 aromatic heterocycles. The molecular weight excluding hydrogens is 254 g/mol. The number of hydrogen-bond donors (Lipinski definition) is 0. The molecule has 2 heterocycles. The van der Waals surface area contributed by atoms with Crippen LogP contribution in [-0.2, 0) is 9.53 Å². The maximum atomic E-state index is 12.9. The monoisotopic (exact) mass is 274 g/mol. The topological polar surface area (TPSA) is 32.8 Å². The first-order valence-corrected chi connectivity index (χ1v) is 6.88. The van der Waals surface area contributed by atoms with Gasteiger partial charge in [0, 0.05) is 25.6 Å². The molecule has 6 heteroatoms. The van der Waals surface area contributed by atoms with Gasteiger partial charge in [-0.1, -0.05) is 0 Å². The van der Waals surface area contributed by atoms with Gasteiger partial charge in [0.2, 0.25) is 5.91 Å². The summed E-state index contributed by atoms with van der Waals surface area (Å²) in [7, 11) is 0. The molecule has 3 rings (SSSR count). The first-order chi connectivity index (χ1) is 8.83. The predicted molar refractivity (Wildman–Crippen MR) is 65.0 cm³/mol. The van der Waals surface area contributed by atoms with Crippen LogP contribution in [0.5, 0.6) is 0 Å². The zero-order valence-corrected chi connectivity index (χ0v) is 11.4. The molecule has 1 aliphatic carbocycles. The van der Waals surface area contributed by atoms with Crippen LogP contribution in [0.4, 0.5) is 8.78 Å². The number of rotatable bonds is 2. The van der Waals surface area contributed by atoms with Gasteiger partial charge in [-0.05, 0) is 13.8 Å². The molecule has 3 aliphatic rings. The molecule has 1 amide bonds. The second kappa shape index (κ2) is 4.12. The number of ether oxygens (including phenoxy) is 1. The largest absolute Gasteiger partial charge is 0.369 e. The van der Waals surface area contributed by atoms with Crippen LogP contribution in [-0.4, -0.2) is 66.1 Å². The Hall–Kier alpha value is -0.750. The average molecular weight is 274 g/mol. The minimum Gasteiger partial charge on any atom is -0.369 e. The molecule has 0 radical (unpaired) electrons. The Balaban J connectivity index is 1.55. The van der Waals surface area contributed by atoms with Gasteiger partial charge in [-0.25, -0.2) is 8.78 Å². The molecule has 0 unspecified atom stereocenters. The Morgan fingerprint density at radius 3 is 2.47 bits per heavy atom. The molecule has 19 heavy (non-hydrogen) atoms. The Labute approximate surface area is 111 Å². The summed E-state index contributed by atoms with van der Waals surface area (Å²) >= 11 is 0. The summed E-state index contributed by atoms with van der Waals surface area (Å²) in [5, 5.41) is 0. The number of carbonyl (C=O) groups is 1. The van der Waals surface area contributed by atoms with Crippen LogP contribution in [0, 0.1) is 5.92 Å². The van der Waals surface area contributed by atoms with E-state index in [2.05, 4.69) is 18.7 Å². The summed E-state index contributed by atoms with van der Waals surface area (Å²) in [6, 6.07) is 0.443. The van der Waals surface area contributed by atoms with E-state index in [-0.39, 0.29) is 12.0 Å². The van der Waals surface area contributed by atoms with Crippen molar-refractivity contribution in [2.75, 3.05) is 32.8 Å². The number of carbonyl (C=O) groups excluding carboxylic acids is 1. The lowest BCUT2D eigenvalue weighted by Gasteiger charge is -2.54. The van der Waals surface area contributed by atoms with E-state index in [1.54, 1.807) is 0 Å². The highest BCUT2D eigenvalue weighted by Gasteiger charge is 2.64. The highest BCUT2D eigenvalue weighted by molar-refractivity contribution is 5.84. The van der Waals surface area contributed by atoms with Crippen molar-refractivity contribution in [3.63, 3.8) is 0 Å². The van der Waals surface area contributed by atoms with Crippen molar-refractivity contribution in [3.8, 4) is 0 Å². The summed E-state index contributed by atoms with van der Waals surface area (Å²) in [5.74, 6) is -4.24. The predicted octanol–water partition coefficient (Wildman–Crippen LogP) is 0.963. The van der Waals surface area contributed by atoms with Gasteiger partial charge in [0.25, 0.3) is 5.92 Å². The number of hydrogen-bond acceptors (Lipinski definition) is 3. The van der Waals surface area contributed by atoms with E-state index < -0.39 is 17.7 Å². The molecule has 4 nitrogen and oxygen atoms in total. The lowest BCUT2D eigenvalue weighted by atomic mass is 9.90. The molecule has 0 aromatic carbocycles. The lowest BCUT2D eigenvalue weighted by Crippen LogP contribution is -2.71. The van der Waals surface area contributed by atoms with Gasteiger partial charge in [-0.3, -0.25) is 9.69 Å². The Bertz CT molecular complexity index is 394. The highest BCUT2D eigenvalue weighted by Crippen LogP contribution is 2.50. The lowest BCUT2D eigenvalue weighted by molar-refractivity contribution is -0.196. The van der Waals surface area contributed by atoms with Crippen molar-refractivity contribution < 1.29 is 18.3 Å². The fraction of sp³-hybridized carbons (Fsp3) is 0.923. The number of amides is 1. The van der Waals surface area contributed by atoms with Gasteiger partial charge in [0.1, 0.15) is 11.5 Å². The van der Waals surface area contributed by atoms with Crippen molar-refractivity contribution in [2.24, 2.45) is 5.92 Å². The van der Waals surface area contributed by atoms with Crippen molar-refractivity contribution in [1.29, 1.82) is 0 Å². The van der Waals surface area contributed by atoms with E-state index in [9.17, 15) is 13.6 Å². The van der Waals surface area contributed by atoms with E-state index in [4.69, 9.17) is 4.74 Å².